The lowest BCUT2D eigenvalue weighted by atomic mass is 9.50. The molecule has 0 saturated heterocycles. The van der Waals surface area contributed by atoms with Crippen LogP contribution in [-0.2, 0) is 4.79 Å². The van der Waals surface area contributed by atoms with Gasteiger partial charge in [-0.3, -0.25) is 4.79 Å². The van der Waals surface area contributed by atoms with E-state index < -0.39 is 0 Å². The number of fused-ring (bicyclic) bond motifs is 5. The maximum Gasteiger partial charge on any atom is 0.137 e. The minimum absolute atomic E-state index is 0.396. The molecule has 5 aliphatic rings. The summed E-state index contributed by atoms with van der Waals surface area (Å²) in [6.07, 6.45) is 15.1. The first-order chi connectivity index (χ1) is 13.3. The summed E-state index contributed by atoms with van der Waals surface area (Å²) in [7, 11) is 0. The molecule has 9 atom stereocenters. The Kier molecular flexibility index (Phi) is 4.44. The van der Waals surface area contributed by atoms with E-state index in [2.05, 4.69) is 34.6 Å². The molecule has 0 amide bonds. The van der Waals surface area contributed by atoms with Gasteiger partial charge in [-0.2, -0.15) is 0 Å². The minimum atomic E-state index is 0.396. The molecule has 1 spiro atoms. The van der Waals surface area contributed by atoms with Gasteiger partial charge in [0.2, 0.25) is 0 Å². The molecule has 0 aromatic rings. The number of hydrogen-bond donors (Lipinski definition) is 0. The molecule has 0 radical (unpaired) electrons. The van der Waals surface area contributed by atoms with E-state index in [9.17, 15) is 4.79 Å². The fraction of sp³-hybridized carbons (Fsp3) is 0.963. The van der Waals surface area contributed by atoms with Crippen molar-refractivity contribution in [1.29, 1.82) is 0 Å². The van der Waals surface area contributed by atoms with E-state index >= 15 is 0 Å². The zero-order valence-corrected chi connectivity index (χ0v) is 19.2. The summed E-state index contributed by atoms with van der Waals surface area (Å²) in [4.78, 5) is 12.6. The van der Waals surface area contributed by atoms with Gasteiger partial charge in [0.1, 0.15) is 5.78 Å². The number of ketones is 1. The normalized spacial score (nSPS) is 52.8. The first kappa shape index (κ1) is 19.6. The lowest BCUT2D eigenvalue weighted by Gasteiger charge is -2.55. The van der Waals surface area contributed by atoms with Crippen molar-refractivity contribution in [3.63, 3.8) is 0 Å². The van der Waals surface area contributed by atoms with Crippen molar-refractivity contribution in [1.82, 2.24) is 0 Å². The van der Waals surface area contributed by atoms with Gasteiger partial charge in [0, 0.05) is 12.3 Å². The van der Waals surface area contributed by atoms with Gasteiger partial charge in [-0.25, -0.2) is 0 Å². The van der Waals surface area contributed by atoms with Gasteiger partial charge < -0.3 is 0 Å². The Balaban J connectivity index is 1.32. The number of hydrogen-bond acceptors (Lipinski definition) is 1. The molecule has 0 bridgehead atoms. The van der Waals surface area contributed by atoms with Crippen molar-refractivity contribution in [3.8, 4) is 0 Å². The molecular weight excluding hydrogens is 340 g/mol. The average Bonchev–Trinajstić information content (AvgIpc) is 2.87. The predicted molar refractivity (Wildman–Crippen MR) is 116 cm³/mol. The topological polar surface area (TPSA) is 17.1 Å². The predicted octanol–water partition coefficient (Wildman–Crippen LogP) is 7.29. The van der Waals surface area contributed by atoms with Crippen LogP contribution in [0, 0.1) is 57.7 Å². The fourth-order valence-corrected chi connectivity index (χ4v) is 10.3. The summed E-state index contributed by atoms with van der Waals surface area (Å²) >= 11 is 0. The van der Waals surface area contributed by atoms with Crippen LogP contribution in [0.2, 0.25) is 0 Å². The molecule has 1 heteroatoms. The van der Waals surface area contributed by atoms with E-state index in [1.54, 1.807) is 0 Å². The van der Waals surface area contributed by atoms with Crippen LogP contribution in [0.15, 0.2) is 0 Å². The molecule has 5 saturated carbocycles. The Hall–Kier alpha value is -0.330. The third kappa shape index (κ3) is 2.34. The van der Waals surface area contributed by atoms with Crippen LogP contribution >= 0.6 is 0 Å². The second-order valence-corrected chi connectivity index (χ2v) is 12.8. The molecule has 0 aromatic carbocycles. The van der Waals surface area contributed by atoms with Gasteiger partial charge in [-0.15, -0.1) is 0 Å². The maximum atomic E-state index is 12.6. The van der Waals surface area contributed by atoms with E-state index in [0.717, 1.165) is 41.9 Å². The Morgan fingerprint density at radius 3 is 2.46 bits per heavy atom. The van der Waals surface area contributed by atoms with E-state index in [4.69, 9.17) is 0 Å². The summed E-state index contributed by atoms with van der Waals surface area (Å²) in [5.41, 5.74) is 1.45. The lowest BCUT2D eigenvalue weighted by Crippen LogP contribution is -2.48. The van der Waals surface area contributed by atoms with Gasteiger partial charge >= 0.3 is 0 Å². The molecule has 5 rings (SSSR count). The fourth-order valence-electron chi connectivity index (χ4n) is 10.3. The second-order valence-electron chi connectivity index (χ2n) is 12.8. The van der Waals surface area contributed by atoms with Crippen LogP contribution in [0.3, 0.4) is 0 Å². The first-order valence-electron chi connectivity index (χ1n) is 12.8. The molecule has 0 N–H and O–H groups in total. The summed E-state index contributed by atoms with van der Waals surface area (Å²) < 4.78 is 0. The monoisotopic (exact) mass is 384 g/mol. The molecule has 5 unspecified atom stereocenters. The molecule has 0 aliphatic heterocycles. The maximum absolute atomic E-state index is 12.6. The second kappa shape index (κ2) is 6.34. The molecule has 5 fully saturated rings. The SMILES string of the molecule is CC(C)CCC[C@@H](C)[C@H]1CCC2[C@@H]3CCC45CCC(=O)C4C5(C)C3CC[C@@]21C. The summed E-state index contributed by atoms with van der Waals surface area (Å²) in [5, 5.41) is 0. The average molecular weight is 385 g/mol. The van der Waals surface area contributed by atoms with Gasteiger partial charge in [0.15, 0.2) is 0 Å². The standard InChI is InChI=1S/C27H44O/c1-17(2)7-6-8-18(3)20-9-10-21-19-11-15-27-16-13-23(28)24(27)26(27,5)22(19)12-14-25(20,21)4/h17-22,24H,6-16H2,1-5H3/t18-,19+,20-,21?,22?,24?,25-,26?,27?/m1/s1. The highest BCUT2D eigenvalue weighted by molar-refractivity contribution is 5.90. The highest BCUT2D eigenvalue weighted by Gasteiger charge is 2.82. The zero-order valence-electron chi connectivity index (χ0n) is 19.2. The van der Waals surface area contributed by atoms with Crippen LogP contribution < -0.4 is 0 Å². The Labute approximate surface area is 173 Å². The quantitative estimate of drug-likeness (QED) is 0.486. The number of Topliss-reactive ketones (excluding diaryl/α,β-unsaturated/α-hetero) is 1. The third-order valence-electron chi connectivity index (χ3n) is 11.6. The van der Waals surface area contributed by atoms with Crippen molar-refractivity contribution in [2.75, 3.05) is 0 Å². The van der Waals surface area contributed by atoms with Crippen molar-refractivity contribution >= 4 is 5.78 Å². The third-order valence-corrected chi connectivity index (χ3v) is 11.6. The molecule has 5 aliphatic carbocycles. The van der Waals surface area contributed by atoms with E-state index in [-0.39, 0.29) is 0 Å². The van der Waals surface area contributed by atoms with Gasteiger partial charge in [0.25, 0.3) is 0 Å². The van der Waals surface area contributed by atoms with Crippen LogP contribution in [-0.4, -0.2) is 5.78 Å². The Morgan fingerprint density at radius 1 is 0.929 bits per heavy atom. The van der Waals surface area contributed by atoms with Crippen molar-refractivity contribution in [2.45, 2.75) is 105 Å². The van der Waals surface area contributed by atoms with E-state index in [1.807, 2.05) is 0 Å². The van der Waals surface area contributed by atoms with Crippen LogP contribution in [0.5, 0.6) is 0 Å². The number of carbonyl (C=O) groups is 1. The summed E-state index contributed by atoms with van der Waals surface area (Å²) in [5.74, 6) is 6.56. The summed E-state index contributed by atoms with van der Waals surface area (Å²) in [6.45, 7) is 12.6. The number of carbonyl (C=O) groups excluding carboxylic acids is 1. The Morgan fingerprint density at radius 2 is 1.71 bits per heavy atom. The highest BCUT2D eigenvalue weighted by Crippen LogP contribution is 2.85. The van der Waals surface area contributed by atoms with Crippen LogP contribution in [0.25, 0.3) is 0 Å². The minimum Gasteiger partial charge on any atom is -0.299 e. The highest BCUT2D eigenvalue weighted by atomic mass is 16.1. The van der Waals surface area contributed by atoms with Gasteiger partial charge in [-0.05, 0) is 96.7 Å². The Bertz CT molecular complexity index is 651. The van der Waals surface area contributed by atoms with Crippen LogP contribution in [0.4, 0.5) is 0 Å². The molecule has 28 heavy (non-hydrogen) atoms. The molecule has 0 heterocycles. The smallest absolute Gasteiger partial charge is 0.137 e. The van der Waals surface area contributed by atoms with Crippen molar-refractivity contribution in [2.24, 2.45) is 57.7 Å². The zero-order chi connectivity index (χ0) is 19.9. The van der Waals surface area contributed by atoms with Crippen LogP contribution in [0.1, 0.15) is 105 Å². The first-order valence-corrected chi connectivity index (χ1v) is 12.8. The molecular formula is C27H44O. The largest absolute Gasteiger partial charge is 0.299 e. The molecule has 158 valence electrons. The van der Waals surface area contributed by atoms with Crippen molar-refractivity contribution < 1.29 is 4.79 Å². The lowest BCUT2D eigenvalue weighted by molar-refractivity contribution is -0.121. The molecule has 0 aromatic heterocycles. The summed E-state index contributed by atoms with van der Waals surface area (Å²) in [6, 6.07) is 0. The van der Waals surface area contributed by atoms with Gasteiger partial charge in [-0.1, -0.05) is 53.9 Å². The van der Waals surface area contributed by atoms with Crippen molar-refractivity contribution in [3.05, 3.63) is 0 Å². The van der Waals surface area contributed by atoms with E-state index in [0.29, 0.717) is 27.9 Å². The van der Waals surface area contributed by atoms with Gasteiger partial charge in [0.05, 0.1) is 0 Å². The molecule has 1 nitrogen and oxygen atoms in total. The van der Waals surface area contributed by atoms with E-state index in [1.165, 1.54) is 64.2 Å². The number of rotatable bonds is 5.